The zero-order valence-electron chi connectivity index (χ0n) is 24.7. The standard InChI is InChI=1S/C26H40N10O10/c27-10-19(39)33-15(2-1-7-31-26(29)30)23(44)32-11-20(40)34-17(9-21(41)42)24(45)36-18(12-37)25(46)35-16(22(28)43)8-13-3-5-14(38)6-4-13/h3-6,15-18,37-38H,1-2,7-12,27H2,(H2,28,43)(H,32,44)(H,33,39)(H,34,40)(H,35,46)(H,36,45)(H,41,42)(H4,29,30,31)/t15-,16-,17-,18-/m0/s1. The number of carboxylic acids is 1. The third-order valence-corrected chi connectivity index (χ3v) is 6.09. The van der Waals surface area contributed by atoms with Crippen LogP contribution >= 0.6 is 0 Å². The van der Waals surface area contributed by atoms with E-state index in [1.807, 2.05) is 0 Å². The molecule has 6 amide bonds. The Balaban J connectivity index is 2.86. The largest absolute Gasteiger partial charge is 0.508 e. The molecule has 1 rings (SSSR count). The second kappa shape index (κ2) is 19.7. The van der Waals surface area contributed by atoms with Gasteiger partial charge in [-0.3, -0.25) is 38.6 Å². The van der Waals surface area contributed by atoms with Crippen LogP contribution in [0.3, 0.4) is 0 Å². The third-order valence-electron chi connectivity index (χ3n) is 6.09. The highest BCUT2D eigenvalue weighted by Gasteiger charge is 2.30. The minimum Gasteiger partial charge on any atom is -0.508 e. The number of carboxylic acid groups (broad SMARTS) is 1. The van der Waals surface area contributed by atoms with Crippen LogP contribution in [-0.4, -0.2) is 113 Å². The Kier molecular flexibility index (Phi) is 16.5. The smallest absolute Gasteiger partial charge is 0.305 e. The van der Waals surface area contributed by atoms with Crippen molar-refractivity contribution in [1.29, 1.82) is 0 Å². The predicted molar refractivity (Wildman–Crippen MR) is 160 cm³/mol. The average molecular weight is 653 g/mol. The molecule has 0 heterocycles. The van der Waals surface area contributed by atoms with E-state index in [1.165, 1.54) is 24.3 Å². The Hall–Kier alpha value is -5.50. The molecule has 0 aliphatic heterocycles. The molecular weight excluding hydrogens is 612 g/mol. The Morgan fingerprint density at radius 2 is 1.37 bits per heavy atom. The molecular formula is C26H40N10O10. The van der Waals surface area contributed by atoms with Crippen molar-refractivity contribution in [3.63, 3.8) is 0 Å². The number of benzene rings is 1. The summed E-state index contributed by atoms with van der Waals surface area (Å²) in [6, 6.07) is -0.198. The van der Waals surface area contributed by atoms with Gasteiger partial charge in [0, 0.05) is 13.0 Å². The highest BCUT2D eigenvalue weighted by Crippen LogP contribution is 2.11. The van der Waals surface area contributed by atoms with Crippen molar-refractivity contribution < 1.29 is 48.9 Å². The van der Waals surface area contributed by atoms with Crippen molar-refractivity contribution in [1.82, 2.24) is 26.6 Å². The number of carbonyl (C=O) groups is 7. The maximum atomic E-state index is 12.9. The van der Waals surface area contributed by atoms with E-state index in [0.29, 0.717) is 5.56 Å². The average Bonchev–Trinajstić information content (AvgIpc) is 2.99. The van der Waals surface area contributed by atoms with Gasteiger partial charge in [0.25, 0.3) is 0 Å². The molecule has 1 aromatic rings. The quantitative estimate of drug-likeness (QED) is 0.0355. The first-order valence-electron chi connectivity index (χ1n) is 13.8. The molecule has 254 valence electrons. The number of aliphatic hydroxyl groups is 1. The van der Waals surface area contributed by atoms with E-state index in [-0.39, 0.29) is 37.5 Å². The molecule has 1 aromatic carbocycles. The van der Waals surface area contributed by atoms with Gasteiger partial charge in [-0.2, -0.15) is 0 Å². The van der Waals surface area contributed by atoms with Crippen LogP contribution in [0.15, 0.2) is 29.3 Å². The number of amides is 6. The molecule has 0 aliphatic rings. The van der Waals surface area contributed by atoms with Crippen molar-refractivity contribution in [2.75, 3.05) is 26.2 Å². The molecule has 20 heteroatoms. The molecule has 0 saturated heterocycles. The lowest BCUT2D eigenvalue weighted by molar-refractivity contribution is -0.141. The number of hydrogen-bond donors (Lipinski definition) is 12. The second-order valence-corrected chi connectivity index (χ2v) is 9.79. The minimum absolute atomic E-state index is 0.0342. The van der Waals surface area contributed by atoms with Gasteiger partial charge in [0.05, 0.1) is 26.1 Å². The second-order valence-electron chi connectivity index (χ2n) is 9.79. The summed E-state index contributed by atoms with van der Waals surface area (Å²) in [6.45, 7) is -2.00. The van der Waals surface area contributed by atoms with Gasteiger partial charge in [0.2, 0.25) is 35.4 Å². The monoisotopic (exact) mass is 652 g/mol. The molecule has 46 heavy (non-hydrogen) atoms. The van der Waals surface area contributed by atoms with Gasteiger partial charge in [-0.1, -0.05) is 12.1 Å². The zero-order valence-corrected chi connectivity index (χ0v) is 24.7. The summed E-state index contributed by atoms with van der Waals surface area (Å²) < 4.78 is 0. The SMILES string of the molecule is NCC(=O)N[C@@H](CCCN=C(N)N)C(=O)NCC(=O)N[C@@H](CC(=O)O)C(=O)N[C@@H](CO)C(=O)N[C@@H](Cc1ccc(O)cc1)C(N)=O. The molecule has 0 unspecified atom stereocenters. The highest BCUT2D eigenvalue weighted by molar-refractivity contribution is 5.96. The molecule has 0 fully saturated rings. The number of aliphatic imine (C=N–C) groups is 1. The molecule has 0 spiro atoms. The molecule has 0 aromatic heterocycles. The van der Waals surface area contributed by atoms with Crippen LogP contribution in [-0.2, 0) is 40.0 Å². The Bertz CT molecular complexity index is 1270. The number of nitrogens with zero attached hydrogens (tertiary/aromatic N) is 1. The van der Waals surface area contributed by atoms with E-state index < -0.39 is 91.7 Å². The summed E-state index contributed by atoms with van der Waals surface area (Å²) in [7, 11) is 0. The van der Waals surface area contributed by atoms with E-state index in [2.05, 4.69) is 31.6 Å². The number of hydrogen-bond acceptors (Lipinski definition) is 11. The lowest BCUT2D eigenvalue weighted by atomic mass is 10.0. The number of carbonyl (C=O) groups excluding carboxylic acids is 6. The summed E-state index contributed by atoms with van der Waals surface area (Å²) in [6.07, 6.45) is -0.708. The van der Waals surface area contributed by atoms with Gasteiger partial charge in [-0.25, -0.2) is 0 Å². The summed E-state index contributed by atoms with van der Waals surface area (Å²) in [4.78, 5) is 89.6. The molecule has 0 bridgehead atoms. The molecule has 4 atom stereocenters. The van der Waals surface area contributed by atoms with Crippen LogP contribution in [0.2, 0.25) is 0 Å². The molecule has 0 saturated carbocycles. The first kappa shape index (κ1) is 38.5. The number of phenolic OH excluding ortho intramolecular Hbond substituents is 1. The zero-order chi connectivity index (χ0) is 34.8. The lowest BCUT2D eigenvalue weighted by Crippen LogP contribution is -2.58. The van der Waals surface area contributed by atoms with Crippen LogP contribution in [0, 0.1) is 0 Å². The number of aliphatic hydroxyl groups excluding tert-OH is 1. The van der Waals surface area contributed by atoms with E-state index in [9.17, 15) is 48.9 Å². The summed E-state index contributed by atoms with van der Waals surface area (Å²) in [5, 5.41) is 39.5. The fraction of sp³-hybridized carbons (Fsp3) is 0.462. The molecule has 16 N–H and O–H groups in total. The van der Waals surface area contributed by atoms with Gasteiger partial charge < -0.3 is 64.8 Å². The van der Waals surface area contributed by atoms with Gasteiger partial charge >= 0.3 is 5.97 Å². The third kappa shape index (κ3) is 14.8. The summed E-state index contributed by atoms with van der Waals surface area (Å²) >= 11 is 0. The van der Waals surface area contributed by atoms with Crippen molar-refractivity contribution in [3.8, 4) is 5.75 Å². The first-order valence-corrected chi connectivity index (χ1v) is 13.8. The molecule has 0 aliphatic carbocycles. The predicted octanol–water partition coefficient (Wildman–Crippen LogP) is -6.05. The Morgan fingerprint density at radius 3 is 1.91 bits per heavy atom. The highest BCUT2D eigenvalue weighted by atomic mass is 16.4. The van der Waals surface area contributed by atoms with E-state index in [0.717, 1.165) is 0 Å². The maximum Gasteiger partial charge on any atom is 0.305 e. The fourth-order valence-corrected chi connectivity index (χ4v) is 3.77. The first-order chi connectivity index (χ1) is 21.7. The number of rotatable bonds is 20. The summed E-state index contributed by atoms with van der Waals surface area (Å²) in [5.74, 6) is -7.35. The molecule has 0 radical (unpaired) electrons. The Labute approximate surface area is 262 Å². The van der Waals surface area contributed by atoms with E-state index in [1.54, 1.807) is 0 Å². The van der Waals surface area contributed by atoms with Crippen LogP contribution in [0.5, 0.6) is 5.75 Å². The van der Waals surface area contributed by atoms with E-state index in [4.69, 9.17) is 22.9 Å². The van der Waals surface area contributed by atoms with Crippen LogP contribution in [0.25, 0.3) is 0 Å². The lowest BCUT2D eigenvalue weighted by Gasteiger charge is -2.23. The minimum atomic E-state index is -1.76. The van der Waals surface area contributed by atoms with Crippen LogP contribution < -0.4 is 49.5 Å². The van der Waals surface area contributed by atoms with Gasteiger partial charge in [-0.05, 0) is 30.5 Å². The number of nitrogens with one attached hydrogen (secondary N) is 5. The van der Waals surface area contributed by atoms with Gasteiger partial charge in [0.1, 0.15) is 29.9 Å². The number of primary amides is 1. The van der Waals surface area contributed by atoms with Crippen LogP contribution in [0.4, 0.5) is 0 Å². The van der Waals surface area contributed by atoms with Crippen molar-refractivity contribution >= 4 is 47.4 Å². The van der Waals surface area contributed by atoms with Crippen molar-refractivity contribution in [2.45, 2.75) is 49.9 Å². The fourth-order valence-electron chi connectivity index (χ4n) is 3.77. The van der Waals surface area contributed by atoms with Gasteiger partial charge in [-0.15, -0.1) is 0 Å². The number of nitrogens with two attached hydrogens (primary N) is 4. The van der Waals surface area contributed by atoms with Crippen molar-refractivity contribution in [3.05, 3.63) is 29.8 Å². The molecule has 20 nitrogen and oxygen atoms in total. The summed E-state index contributed by atoms with van der Waals surface area (Å²) in [5.41, 5.74) is 21.7. The Morgan fingerprint density at radius 1 is 0.783 bits per heavy atom. The maximum absolute atomic E-state index is 12.9. The van der Waals surface area contributed by atoms with Crippen molar-refractivity contribution in [2.24, 2.45) is 27.9 Å². The van der Waals surface area contributed by atoms with Crippen LogP contribution in [0.1, 0.15) is 24.8 Å². The number of phenols is 1. The van der Waals surface area contributed by atoms with Gasteiger partial charge in [0.15, 0.2) is 5.96 Å². The number of aromatic hydroxyl groups is 1. The van der Waals surface area contributed by atoms with E-state index >= 15 is 0 Å². The normalized spacial score (nSPS) is 13.1. The topological polar surface area (TPSA) is 357 Å². The number of guanidine groups is 1. The number of aliphatic carboxylic acids is 1.